The second kappa shape index (κ2) is 7.92. The molecule has 2 atom stereocenters. The standard InChI is InChI=1S/C17H20BNO4/c1-12-7-9-13(10-8-12)11-15(18(22)23)19-17(21)16(20)14-5-3-2-4-6-14/h2-10,15-16,20,22-23H,11H2,1H3,(H,19,21). The number of hydrogen-bond acceptors (Lipinski definition) is 4. The predicted molar refractivity (Wildman–Crippen MR) is 88.4 cm³/mol. The highest BCUT2D eigenvalue weighted by Gasteiger charge is 2.28. The Kier molecular flexibility index (Phi) is 5.93. The molecule has 5 nitrogen and oxygen atoms in total. The van der Waals surface area contributed by atoms with Crippen LogP contribution in [0.3, 0.4) is 0 Å². The van der Waals surface area contributed by atoms with E-state index < -0.39 is 25.1 Å². The van der Waals surface area contributed by atoms with Gasteiger partial charge < -0.3 is 20.5 Å². The van der Waals surface area contributed by atoms with Gasteiger partial charge in [0.25, 0.3) is 5.91 Å². The van der Waals surface area contributed by atoms with Gasteiger partial charge in [-0.3, -0.25) is 4.79 Å². The SMILES string of the molecule is Cc1ccc(CC(NC(=O)C(O)c2ccccc2)B(O)O)cc1. The quantitative estimate of drug-likeness (QED) is 0.593. The van der Waals surface area contributed by atoms with E-state index >= 15 is 0 Å². The smallest absolute Gasteiger partial charge is 0.426 e. The number of nitrogens with one attached hydrogen (secondary N) is 1. The molecule has 6 heteroatoms. The average Bonchev–Trinajstić information content (AvgIpc) is 2.56. The summed E-state index contributed by atoms with van der Waals surface area (Å²) in [6, 6.07) is 16.0. The molecule has 0 saturated carbocycles. The van der Waals surface area contributed by atoms with Crippen LogP contribution in [0.2, 0.25) is 0 Å². The molecule has 2 aromatic carbocycles. The van der Waals surface area contributed by atoms with Crippen LogP contribution in [0.25, 0.3) is 0 Å². The van der Waals surface area contributed by atoms with Crippen LogP contribution in [0.15, 0.2) is 54.6 Å². The van der Waals surface area contributed by atoms with E-state index in [4.69, 9.17) is 0 Å². The first-order valence-electron chi connectivity index (χ1n) is 7.42. The zero-order chi connectivity index (χ0) is 16.8. The van der Waals surface area contributed by atoms with E-state index in [2.05, 4.69) is 5.32 Å². The molecule has 0 radical (unpaired) electrons. The van der Waals surface area contributed by atoms with Gasteiger partial charge in [-0.15, -0.1) is 0 Å². The van der Waals surface area contributed by atoms with Crippen molar-refractivity contribution < 1.29 is 19.9 Å². The summed E-state index contributed by atoms with van der Waals surface area (Å²) in [6.45, 7) is 1.96. The van der Waals surface area contributed by atoms with Gasteiger partial charge >= 0.3 is 7.12 Å². The van der Waals surface area contributed by atoms with Gasteiger partial charge in [0.2, 0.25) is 0 Å². The molecule has 120 valence electrons. The molecule has 0 aliphatic heterocycles. The number of carbonyl (C=O) groups is 1. The molecule has 0 aliphatic rings. The van der Waals surface area contributed by atoms with Gasteiger partial charge in [-0.25, -0.2) is 0 Å². The first-order chi connectivity index (χ1) is 11.0. The molecule has 0 aliphatic carbocycles. The molecule has 1 amide bonds. The van der Waals surface area contributed by atoms with Crippen LogP contribution in [0.4, 0.5) is 0 Å². The van der Waals surface area contributed by atoms with Gasteiger partial charge in [0, 0.05) is 0 Å². The van der Waals surface area contributed by atoms with Crippen molar-refractivity contribution in [1.82, 2.24) is 5.32 Å². The minimum atomic E-state index is -1.72. The normalized spacial score (nSPS) is 13.2. The zero-order valence-electron chi connectivity index (χ0n) is 12.9. The number of aliphatic hydroxyl groups is 1. The van der Waals surface area contributed by atoms with E-state index in [9.17, 15) is 19.9 Å². The highest BCUT2D eigenvalue weighted by Crippen LogP contribution is 2.13. The van der Waals surface area contributed by atoms with Crippen LogP contribution in [0.1, 0.15) is 22.8 Å². The van der Waals surface area contributed by atoms with Crippen LogP contribution < -0.4 is 5.32 Å². The molecule has 23 heavy (non-hydrogen) atoms. The minimum absolute atomic E-state index is 0.255. The van der Waals surface area contributed by atoms with Crippen LogP contribution in [0, 0.1) is 6.92 Å². The number of hydrogen-bond donors (Lipinski definition) is 4. The fraction of sp³-hybridized carbons (Fsp3) is 0.235. The Balaban J connectivity index is 2.04. The summed E-state index contributed by atoms with van der Waals surface area (Å²) >= 11 is 0. The molecule has 0 spiro atoms. The maximum Gasteiger partial charge on any atom is 0.475 e. The van der Waals surface area contributed by atoms with Crippen LogP contribution in [-0.4, -0.2) is 34.1 Å². The highest BCUT2D eigenvalue weighted by molar-refractivity contribution is 6.43. The maximum absolute atomic E-state index is 12.1. The average molecular weight is 313 g/mol. The fourth-order valence-electron chi connectivity index (χ4n) is 2.26. The van der Waals surface area contributed by atoms with E-state index in [1.807, 2.05) is 31.2 Å². The Morgan fingerprint density at radius 3 is 2.26 bits per heavy atom. The van der Waals surface area contributed by atoms with Crippen molar-refractivity contribution in [2.75, 3.05) is 0 Å². The second-order valence-corrected chi connectivity index (χ2v) is 5.53. The first-order valence-corrected chi connectivity index (χ1v) is 7.42. The van der Waals surface area contributed by atoms with Gasteiger partial charge in [0.15, 0.2) is 6.10 Å². The van der Waals surface area contributed by atoms with Crippen LogP contribution in [0.5, 0.6) is 0 Å². The molecule has 0 saturated heterocycles. The van der Waals surface area contributed by atoms with Crippen LogP contribution in [-0.2, 0) is 11.2 Å². The van der Waals surface area contributed by atoms with Crippen molar-refractivity contribution in [2.45, 2.75) is 25.4 Å². The van der Waals surface area contributed by atoms with Crippen molar-refractivity contribution in [2.24, 2.45) is 0 Å². The molecule has 0 fully saturated rings. The third kappa shape index (κ3) is 4.92. The fourth-order valence-corrected chi connectivity index (χ4v) is 2.26. The maximum atomic E-state index is 12.1. The van der Waals surface area contributed by atoms with E-state index in [0.29, 0.717) is 5.56 Å². The third-order valence-corrected chi connectivity index (χ3v) is 3.63. The second-order valence-electron chi connectivity index (χ2n) is 5.53. The number of aliphatic hydroxyl groups excluding tert-OH is 1. The molecule has 2 rings (SSSR count). The number of rotatable bonds is 6. The minimum Gasteiger partial charge on any atom is -0.426 e. The topological polar surface area (TPSA) is 89.8 Å². The molecular weight excluding hydrogens is 293 g/mol. The summed E-state index contributed by atoms with van der Waals surface area (Å²) in [6.07, 6.45) is -1.10. The number of aryl methyl sites for hydroxylation is 1. The Labute approximate surface area is 135 Å². The zero-order valence-corrected chi connectivity index (χ0v) is 12.9. The van der Waals surface area contributed by atoms with Crippen molar-refractivity contribution in [3.05, 3.63) is 71.3 Å². The van der Waals surface area contributed by atoms with Gasteiger partial charge in [-0.1, -0.05) is 60.2 Å². The first kappa shape index (κ1) is 17.2. The lowest BCUT2D eigenvalue weighted by molar-refractivity contribution is -0.130. The third-order valence-electron chi connectivity index (χ3n) is 3.63. The lowest BCUT2D eigenvalue weighted by atomic mass is 9.75. The summed E-state index contributed by atoms with van der Waals surface area (Å²) in [4.78, 5) is 12.1. The molecular formula is C17H20BNO4. The summed E-state index contributed by atoms with van der Waals surface area (Å²) < 4.78 is 0. The van der Waals surface area contributed by atoms with Crippen LogP contribution >= 0.6 is 0 Å². The molecule has 2 unspecified atom stereocenters. The Hall–Kier alpha value is -2.15. The van der Waals surface area contributed by atoms with Gasteiger partial charge in [0.1, 0.15) is 0 Å². The van der Waals surface area contributed by atoms with Crippen molar-refractivity contribution in [1.29, 1.82) is 0 Å². The summed E-state index contributed by atoms with van der Waals surface area (Å²) in [5, 5.41) is 31.5. The monoisotopic (exact) mass is 313 g/mol. The van der Waals surface area contributed by atoms with Gasteiger partial charge in [0.05, 0.1) is 5.94 Å². The number of benzene rings is 2. The lowest BCUT2D eigenvalue weighted by Crippen LogP contribution is -2.49. The van der Waals surface area contributed by atoms with E-state index in [0.717, 1.165) is 11.1 Å². The molecule has 4 N–H and O–H groups in total. The van der Waals surface area contributed by atoms with E-state index in [1.165, 1.54) is 0 Å². The lowest BCUT2D eigenvalue weighted by Gasteiger charge is -2.20. The van der Waals surface area contributed by atoms with Gasteiger partial charge in [-0.05, 0) is 24.5 Å². The summed E-state index contributed by atoms with van der Waals surface area (Å²) in [5.41, 5.74) is 2.41. The highest BCUT2D eigenvalue weighted by atomic mass is 16.4. The molecule has 0 heterocycles. The molecule has 0 aromatic heterocycles. The summed E-state index contributed by atoms with van der Waals surface area (Å²) in [7, 11) is -1.72. The van der Waals surface area contributed by atoms with Crippen molar-refractivity contribution in [3.8, 4) is 0 Å². The van der Waals surface area contributed by atoms with E-state index in [-0.39, 0.29) is 6.42 Å². The largest absolute Gasteiger partial charge is 0.475 e. The number of amides is 1. The Morgan fingerprint density at radius 1 is 1.09 bits per heavy atom. The Morgan fingerprint density at radius 2 is 1.70 bits per heavy atom. The predicted octanol–water partition coefficient (Wildman–Crippen LogP) is 0.768. The van der Waals surface area contributed by atoms with E-state index in [1.54, 1.807) is 30.3 Å². The van der Waals surface area contributed by atoms with Crippen molar-refractivity contribution >= 4 is 13.0 Å². The Bertz CT molecular complexity index is 631. The molecule has 2 aromatic rings. The summed E-state index contributed by atoms with van der Waals surface area (Å²) in [5.74, 6) is -1.56. The van der Waals surface area contributed by atoms with Gasteiger partial charge in [-0.2, -0.15) is 0 Å². The molecule has 0 bridgehead atoms. The number of carbonyl (C=O) groups excluding carboxylic acids is 1. The van der Waals surface area contributed by atoms with Crippen molar-refractivity contribution in [3.63, 3.8) is 0 Å².